The van der Waals surface area contributed by atoms with E-state index < -0.39 is 8.80 Å². The molecule has 0 amide bonds. The lowest BCUT2D eigenvalue weighted by molar-refractivity contribution is -0.143. The van der Waals surface area contributed by atoms with Crippen molar-refractivity contribution in [1.29, 1.82) is 0 Å². The van der Waals surface area contributed by atoms with Gasteiger partial charge in [-0.3, -0.25) is 4.79 Å². The Balaban J connectivity index is 3.30. The van der Waals surface area contributed by atoms with Gasteiger partial charge in [0.2, 0.25) is 0 Å². The molecule has 0 unspecified atom stereocenters. The maximum atomic E-state index is 10.9. The van der Waals surface area contributed by atoms with E-state index in [-0.39, 0.29) is 5.97 Å². The maximum absolute atomic E-state index is 10.9. The van der Waals surface area contributed by atoms with Gasteiger partial charge in [-0.05, 0) is 12.8 Å². The molecule has 6 heteroatoms. The molecule has 0 saturated carbocycles. The molecule has 0 saturated heterocycles. The van der Waals surface area contributed by atoms with Crippen molar-refractivity contribution in [2.75, 3.05) is 27.4 Å². The third-order valence-corrected chi connectivity index (χ3v) is 5.16. The zero-order chi connectivity index (χ0) is 14.6. The summed E-state index contributed by atoms with van der Waals surface area (Å²) in [6.45, 7) is 4.91. The van der Waals surface area contributed by atoms with E-state index in [9.17, 15) is 4.79 Å². The number of unbranched alkanes of at least 4 members (excludes halogenated alkanes) is 4. The third kappa shape index (κ3) is 10.1. The van der Waals surface area contributed by atoms with Crippen molar-refractivity contribution in [3.63, 3.8) is 0 Å². The van der Waals surface area contributed by atoms with Crippen molar-refractivity contribution in [3.8, 4) is 0 Å². The molecular weight excluding hydrogens is 264 g/mol. The summed E-state index contributed by atoms with van der Waals surface area (Å²) in [6, 6.07) is 0. The van der Waals surface area contributed by atoms with Crippen LogP contribution in [0.4, 0.5) is 0 Å². The second kappa shape index (κ2) is 11.4. The normalized spacial score (nSPS) is 11.6. The van der Waals surface area contributed by atoms with Crippen LogP contribution < -0.4 is 0 Å². The van der Waals surface area contributed by atoms with Gasteiger partial charge in [-0.1, -0.05) is 26.2 Å². The highest BCUT2D eigenvalue weighted by atomic mass is 28.4. The van der Waals surface area contributed by atoms with E-state index in [4.69, 9.17) is 18.0 Å². The molecule has 5 nitrogen and oxygen atoms in total. The molecule has 0 radical (unpaired) electrons. The molecule has 0 aromatic rings. The van der Waals surface area contributed by atoms with Crippen molar-refractivity contribution < 1.29 is 22.8 Å². The monoisotopic (exact) mass is 292 g/mol. The maximum Gasteiger partial charge on any atom is 0.497 e. The smallest absolute Gasteiger partial charge is 0.466 e. The second-order valence-electron chi connectivity index (χ2n) is 4.46. The van der Waals surface area contributed by atoms with Crippen molar-refractivity contribution in [2.24, 2.45) is 0 Å². The summed E-state index contributed by atoms with van der Waals surface area (Å²) in [4.78, 5) is 10.9. The Bertz CT molecular complexity index is 231. The van der Waals surface area contributed by atoms with Crippen LogP contribution in [-0.2, 0) is 22.8 Å². The van der Waals surface area contributed by atoms with Crippen LogP contribution in [0, 0.1) is 0 Å². The molecule has 19 heavy (non-hydrogen) atoms. The van der Waals surface area contributed by atoms with E-state index in [2.05, 4.69) is 0 Å². The van der Waals surface area contributed by atoms with Gasteiger partial charge in [0, 0.05) is 33.8 Å². The first-order valence-corrected chi connectivity index (χ1v) is 9.20. The van der Waals surface area contributed by atoms with Gasteiger partial charge in [-0.2, -0.15) is 0 Å². The molecule has 0 aromatic carbocycles. The first-order valence-electron chi connectivity index (χ1n) is 6.98. The van der Waals surface area contributed by atoms with Gasteiger partial charge in [-0.25, -0.2) is 0 Å². The minimum Gasteiger partial charge on any atom is -0.466 e. The Morgan fingerprint density at radius 3 is 2.00 bits per heavy atom. The standard InChI is InChI=1S/C13H28O5Si/c1-5-13(14)17-11-9-7-6-8-10-12-18-19(4,15-2)16-3/h5-12H2,1-4H3. The zero-order valence-corrected chi connectivity index (χ0v) is 13.7. The number of carbonyl (C=O) groups is 1. The van der Waals surface area contributed by atoms with Gasteiger partial charge >= 0.3 is 14.8 Å². The topological polar surface area (TPSA) is 54.0 Å². The van der Waals surface area contributed by atoms with Gasteiger partial charge in [0.15, 0.2) is 0 Å². The van der Waals surface area contributed by atoms with Crippen LogP contribution in [0.25, 0.3) is 0 Å². The summed E-state index contributed by atoms with van der Waals surface area (Å²) in [5, 5.41) is 0. The van der Waals surface area contributed by atoms with Gasteiger partial charge in [0.05, 0.1) is 6.61 Å². The fraction of sp³-hybridized carbons (Fsp3) is 0.923. The summed E-state index contributed by atoms with van der Waals surface area (Å²) in [6.07, 6.45) is 5.73. The lowest BCUT2D eigenvalue weighted by Crippen LogP contribution is -2.40. The lowest BCUT2D eigenvalue weighted by Gasteiger charge is -2.21. The van der Waals surface area contributed by atoms with Crippen LogP contribution in [0.15, 0.2) is 0 Å². The quantitative estimate of drug-likeness (QED) is 0.314. The van der Waals surface area contributed by atoms with Gasteiger partial charge in [-0.15, -0.1) is 0 Å². The van der Waals surface area contributed by atoms with Crippen LogP contribution >= 0.6 is 0 Å². The molecule has 0 aromatic heterocycles. The minimum absolute atomic E-state index is 0.114. The SMILES string of the molecule is CCC(=O)OCCCCCCCO[Si](C)(OC)OC. The van der Waals surface area contributed by atoms with Crippen LogP contribution in [-0.4, -0.2) is 42.2 Å². The summed E-state index contributed by atoms with van der Waals surface area (Å²) in [7, 11) is 0.884. The average Bonchev–Trinajstić information content (AvgIpc) is 2.44. The Labute approximate surface area is 117 Å². The first kappa shape index (κ1) is 18.6. The molecule has 0 aliphatic rings. The van der Waals surface area contributed by atoms with Gasteiger partial charge in [0.25, 0.3) is 0 Å². The number of esters is 1. The van der Waals surface area contributed by atoms with Crippen molar-refractivity contribution in [2.45, 2.75) is 52.0 Å². The summed E-state index contributed by atoms with van der Waals surface area (Å²) >= 11 is 0. The number of rotatable bonds is 12. The Morgan fingerprint density at radius 1 is 0.947 bits per heavy atom. The molecule has 0 heterocycles. The van der Waals surface area contributed by atoms with Crippen molar-refractivity contribution >= 4 is 14.8 Å². The number of carbonyl (C=O) groups excluding carboxylic acids is 1. The Kier molecular flexibility index (Phi) is 11.1. The van der Waals surface area contributed by atoms with Crippen LogP contribution in [0.2, 0.25) is 6.55 Å². The van der Waals surface area contributed by atoms with E-state index >= 15 is 0 Å². The molecule has 0 spiro atoms. The Hall–Kier alpha value is -0.433. The fourth-order valence-electron chi connectivity index (χ4n) is 1.48. The van der Waals surface area contributed by atoms with Crippen LogP contribution in [0.3, 0.4) is 0 Å². The number of hydrogen-bond donors (Lipinski definition) is 0. The van der Waals surface area contributed by atoms with Gasteiger partial charge < -0.3 is 18.0 Å². The summed E-state index contributed by atoms with van der Waals surface area (Å²) in [5.41, 5.74) is 0. The highest BCUT2D eigenvalue weighted by molar-refractivity contribution is 6.59. The molecule has 0 N–H and O–H groups in total. The fourth-order valence-corrected chi connectivity index (χ4v) is 2.40. The summed E-state index contributed by atoms with van der Waals surface area (Å²) < 4.78 is 21.1. The average molecular weight is 292 g/mol. The molecule has 0 fully saturated rings. The number of hydrogen-bond acceptors (Lipinski definition) is 5. The number of ether oxygens (including phenoxy) is 1. The third-order valence-electron chi connectivity index (χ3n) is 2.95. The van der Waals surface area contributed by atoms with E-state index in [1.54, 1.807) is 21.1 Å². The minimum atomic E-state index is -2.35. The van der Waals surface area contributed by atoms with Crippen molar-refractivity contribution in [1.82, 2.24) is 0 Å². The molecule has 114 valence electrons. The Morgan fingerprint density at radius 2 is 1.47 bits per heavy atom. The van der Waals surface area contributed by atoms with Crippen LogP contribution in [0.1, 0.15) is 45.4 Å². The molecule has 0 aliphatic carbocycles. The highest BCUT2D eigenvalue weighted by Gasteiger charge is 2.31. The predicted molar refractivity (Wildman–Crippen MR) is 75.9 cm³/mol. The lowest BCUT2D eigenvalue weighted by atomic mass is 10.1. The zero-order valence-electron chi connectivity index (χ0n) is 12.7. The molecule has 0 atom stereocenters. The largest absolute Gasteiger partial charge is 0.497 e. The molecular formula is C13H28O5Si. The van der Waals surface area contributed by atoms with E-state index in [1.807, 2.05) is 6.55 Å². The predicted octanol–water partition coefficient (Wildman–Crippen LogP) is 2.77. The van der Waals surface area contributed by atoms with E-state index in [0.29, 0.717) is 19.6 Å². The van der Waals surface area contributed by atoms with E-state index in [1.165, 1.54) is 0 Å². The van der Waals surface area contributed by atoms with Gasteiger partial charge in [0.1, 0.15) is 0 Å². The summed E-state index contributed by atoms with van der Waals surface area (Å²) in [5.74, 6) is -0.114. The second-order valence-corrected chi connectivity index (χ2v) is 7.29. The highest BCUT2D eigenvalue weighted by Crippen LogP contribution is 2.09. The molecule has 0 bridgehead atoms. The van der Waals surface area contributed by atoms with Crippen LogP contribution in [0.5, 0.6) is 0 Å². The molecule has 0 aliphatic heterocycles. The first-order chi connectivity index (χ1) is 9.08. The van der Waals surface area contributed by atoms with E-state index in [0.717, 1.165) is 32.1 Å². The van der Waals surface area contributed by atoms with Crippen molar-refractivity contribution in [3.05, 3.63) is 0 Å². The molecule has 0 rings (SSSR count).